The van der Waals surface area contributed by atoms with Crippen LogP contribution in [0.4, 0.5) is 0 Å². The van der Waals surface area contributed by atoms with Gasteiger partial charge >= 0.3 is 0 Å². The van der Waals surface area contributed by atoms with Crippen molar-refractivity contribution in [2.45, 2.75) is 90.6 Å². The number of carbonyl (C=O) groups is 1. The zero-order valence-corrected chi connectivity index (χ0v) is 16.0. The highest BCUT2D eigenvalue weighted by molar-refractivity contribution is 5.76. The maximum atomic E-state index is 12.4. The molecule has 0 spiro atoms. The number of likely N-dealkylation sites (tertiary alicyclic amines) is 1. The molecule has 2 aliphatic rings. The Morgan fingerprint density at radius 2 is 1.75 bits per heavy atom. The molecule has 1 saturated carbocycles. The van der Waals surface area contributed by atoms with Crippen molar-refractivity contribution in [3.8, 4) is 0 Å². The lowest BCUT2D eigenvalue weighted by Gasteiger charge is -2.38. The summed E-state index contributed by atoms with van der Waals surface area (Å²) in [4.78, 5) is 14.4. The number of aliphatic hydroxyl groups is 1. The van der Waals surface area contributed by atoms with Gasteiger partial charge in [0.15, 0.2) is 0 Å². The van der Waals surface area contributed by atoms with E-state index in [1.807, 2.05) is 4.90 Å². The molecule has 4 nitrogen and oxygen atoms in total. The molecule has 1 amide bonds. The standard InChI is InChI=1S/C20H38N2O2/c1-20(2,3)15-19(24)22-12-9-17(10-13-22)21-18(11-14-23)16-7-5-4-6-8-16/h16-18,21,23H,4-15H2,1-3H3. The maximum absolute atomic E-state index is 12.4. The van der Waals surface area contributed by atoms with Crippen LogP contribution in [0.5, 0.6) is 0 Å². The zero-order chi connectivity index (χ0) is 17.6. The molecular weight excluding hydrogens is 300 g/mol. The molecule has 1 aliphatic heterocycles. The van der Waals surface area contributed by atoms with E-state index in [1.54, 1.807) is 0 Å². The molecule has 0 radical (unpaired) electrons. The van der Waals surface area contributed by atoms with Crippen LogP contribution >= 0.6 is 0 Å². The number of hydrogen-bond acceptors (Lipinski definition) is 3. The zero-order valence-electron chi connectivity index (χ0n) is 16.0. The van der Waals surface area contributed by atoms with Gasteiger partial charge in [-0.15, -0.1) is 0 Å². The van der Waals surface area contributed by atoms with Crippen LogP contribution in [0.15, 0.2) is 0 Å². The summed E-state index contributed by atoms with van der Waals surface area (Å²) in [6.45, 7) is 8.41. The van der Waals surface area contributed by atoms with Gasteiger partial charge in [-0.1, -0.05) is 40.0 Å². The van der Waals surface area contributed by atoms with E-state index in [2.05, 4.69) is 26.1 Å². The van der Waals surface area contributed by atoms with E-state index in [1.165, 1.54) is 32.1 Å². The van der Waals surface area contributed by atoms with Crippen molar-refractivity contribution in [2.75, 3.05) is 19.7 Å². The first-order chi connectivity index (χ1) is 11.4. The Hall–Kier alpha value is -0.610. The smallest absolute Gasteiger partial charge is 0.223 e. The minimum Gasteiger partial charge on any atom is -0.396 e. The fourth-order valence-electron chi connectivity index (χ4n) is 4.29. The van der Waals surface area contributed by atoms with Crippen LogP contribution < -0.4 is 5.32 Å². The van der Waals surface area contributed by atoms with Crippen molar-refractivity contribution < 1.29 is 9.90 Å². The molecule has 0 bridgehead atoms. The van der Waals surface area contributed by atoms with Crippen LogP contribution in [0.25, 0.3) is 0 Å². The van der Waals surface area contributed by atoms with Gasteiger partial charge < -0.3 is 15.3 Å². The Morgan fingerprint density at radius 3 is 2.29 bits per heavy atom. The van der Waals surface area contributed by atoms with E-state index in [0.717, 1.165) is 38.3 Å². The molecule has 1 heterocycles. The minimum absolute atomic E-state index is 0.0688. The molecule has 0 aromatic heterocycles. The van der Waals surface area contributed by atoms with Gasteiger partial charge in [-0.05, 0) is 43.4 Å². The summed E-state index contributed by atoms with van der Waals surface area (Å²) < 4.78 is 0. The van der Waals surface area contributed by atoms with Gasteiger partial charge in [0.05, 0.1) is 0 Å². The maximum Gasteiger partial charge on any atom is 0.223 e. The molecule has 1 aliphatic carbocycles. The van der Waals surface area contributed by atoms with Gasteiger partial charge in [-0.3, -0.25) is 4.79 Å². The molecule has 2 rings (SSSR count). The number of amides is 1. The summed E-state index contributed by atoms with van der Waals surface area (Å²) in [7, 11) is 0. The molecule has 0 aromatic carbocycles. The van der Waals surface area contributed by atoms with E-state index in [9.17, 15) is 9.90 Å². The Kier molecular flexibility index (Phi) is 7.55. The lowest BCUT2D eigenvalue weighted by molar-refractivity contribution is -0.134. The van der Waals surface area contributed by atoms with Crippen molar-refractivity contribution in [3.05, 3.63) is 0 Å². The third kappa shape index (κ3) is 6.36. The SMILES string of the molecule is CC(C)(C)CC(=O)N1CCC(NC(CCO)C2CCCCC2)CC1. The monoisotopic (exact) mass is 338 g/mol. The molecule has 140 valence electrons. The molecule has 0 aromatic rings. The predicted molar refractivity (Wildman–Crippen MR) is 98.9 cm³/mol. The van der Waals surface area contributed by atoms with Gasteiger partial charge in [0.1, 0.15) is 0 Å². The Balaban J connectivity index is 1.79. The van der Waals surface area contributed by atoms with E-state index >= 15 is 0 Å². The normalized spacial score (nSPS) is 22.6. The third-order valence-corrected chi connectivity index (χ3v) is 5.64. The Labute approximate surface area is 148 Å². The molecular formula is C20H38N2O2. The summed E-state index contributed by atoms with van der Waals surface area (Å²) in [5.74, 6) is 1.03. The van der Waals surface area contributed by atoms with E-state index in [0.29, 0.717) is 24.4 Å². The predicted octanol–water partition coefficient (Wildman–Crippen LogP) is 3.33. The van der Waals surface area contributed by atoms with Crippen LogP contribution in [-0.2, 0) is 4.79 Å². The summed E-state index contributed by atoms with van der Waals surface area (Å²) in [6, 6.07) is 0.958. The lowest BCUT2D eigenvalue weighted by Crippen LogP contribution is -2.50. The van der Waals surface area contributed by atoms with Gasteiger partial charge in [0, 0.05) is 38.2 Å². The second-order valence-corrected chi connectivity index (χ2v) is 9.08. The van der Waals surface area contributed by atoms with Crippen molar-refractivity contribution in [1.82, 2.24) is 10.2 Å². The highest BCUT2D eigenvalue weighted by atomic mass is 16.3. The van der Waals surface area contributed by atoms with E-state index in [-0.39, 0.29) is 12.0 Å². The molecule has 1 saturated heterocycles. The van der Waals surface area contributed by atoms with Crippen LogP contribution in [0.2, 0.25) is 0 Å². The Morgan fingerprint density at radius 1 is 1.12 bits per heavy atom. The molecule has 2 fully saturated rings. The molecule has 2 N–H and O–H groups in total. The first-order valence-electron chi connectivity index (χ1n) is 10.0. The quantitative estimate of drug-likeness (QED) is 0.781. The fraction of sp³-hybridized carbons (Fsp3) is 0.950. The number of carbonyl (C=O) groups excluding carboxylic acids is 1. The summed E-state index contributed by atoms with van der Waals surface area (Å²) >= 11 is 0. The molecule has 1 atom stereocenters. The van der Waals surface area contributed by atoms with E-state index < -0.39 is 0 Å². The summed E-state index contributed by atoms with van der Waals surface area (Å²) in [6.07, 6.45) is 10.3. The van der Waals surface area contributed by atoms with Crippen molar-refractivity contribution >= 4 is 5.91 Å². The third-order valence-electron chi connectivity index (χ3n) is 5.64. The first kappa shape index (κ1) is 19.7. The van der Waals surface area contributed by atoms with Gasteiger partial charge in [0.25, 0.3) is 0 Å². The summed E-state index contributed by atoms with van der Waals surface area (Å²) in [5, 5.41) is 13.3. The molecule has 1 unspecified atom stereocenters. The number of nitrogens with zero attached hydrogens (tertiary/aromatic N) is 1. The first-order valence-corrected chi connectivity index (χ1v) is 10.0. The van der Waals surface area contributed by atoms with Gasteiger partial charge in [0.2, 0.25) is 5.91 Å². The number of nitrogens with one attached hydrogen (secondary N) is 1. The van der Waals surface area contributed by atoms with Crippen LogP contribution in [-0.4, -0.2) is 47.7 Å². The topological polar surface area (TPSA) is 52.6 Å². The van der Waals surface area contributed by atoms with Crippen molar-refractivity contribution in [2.24, 2.45) is 11.3 Å². The highest BCUT2D eigenvalue weighted by Crippen LogP contribution is 2.29. The second kappa shape index (κ2) is 9.19. The average Bonchev–Trinajstić information content (AvgIpc) is 2.54. The fourth-order valence-corrected chi connectivity index (χ4v) is 4.29. The Bertz CT molecular complexity index is 378. The van der Waals surface area contributed by atoms with Crippen LogP contribution in [0.3, 0.4) is 0 Å². The lowest BCUT2D eigenvalue weighted by atomic mass is 9.82. The number of aliphatic hydroxyl groups excluding tert-OH is 1. The number of rotatable bonds is 6. The van der Waals surface area contributed by atoms with E-state index in [4.69, 9.17) is 0 Å². The van der Waals surface area contributed by atoms with Gasteiger partial charge in [-0.25, -0.2) is 0 Å². The van der Waals surface area contributed by atoms with Crippen molar-refractivity contribution in [3.63, 3.8) is 0 Å². The molecule has 4 heteroatoms. The summed E-state index contributed by atoms with van der Waals surface area (Å²) in [5.41, 5.74) is 0.0688. The minimum atomic E-state index is 0.0688. The van der Waals surface area contributed by atoms with Crippen LogP contribution in [0, 0.1) is 11.3 Å². The number of hydrogen-bond donors (Lipinski definition) is 2. The average molecular weight is 339 g/mol. The number of piperidine rings is 1. The second-order valence-electron chi connectivity index (χ2n) is 9.08. The molecule has 24 heavy (non-hydrogen) atoms. The largest absolute Gasteiger partial charge is 0.396 e. The van der Waals surface area contributed by atoms with Gasteiger partial charge in [-0.2, -0.15) is 0 Å². The van der Waals surface area contributed by atoms with Crippen LogP contribution in [0.1, 0.15) is 78.6 Å². The highest BCUT2D eigenvalue weighted by Gasteiger charge is 2.29. The van der Waals surface area contributed by atoms with Crippen molar-refractivity contribution in [1.29, 1.82) is 0 Å².